The van der Waals surface area contributed by atoms with Crippen molar-refractivity contribution in [2.75, 3.05) is 13.1 Å². The van der Waals surface area contributed by atoms with Crippen LogP contribution >= 0.6 is 0 Å². The number of sulfonamides is 1. The Bertz CT molecular complexity index is 1030. The lowest BCUT2D eigenvalue weighted by Gasteiger charge is -2.12. The summed E-state index contributed by atoms with van der Waals surface area (Å²) in [4.78, 5) is 4.71. The molecule has 0 radical (unpaired) electrons. The molecular formula is C22H26N4O3S. The number of primary sulfonamides is 1. The Balaban J connectivity index is 1.59. The predicted molar refractivity (Wildman–Crippen MR) is 118 cm³/mol. The molecule has 0 bridgehead atoms. The molecule has 2 aromatic carbocycles. The molecule has 1 heterocycles. The smallest absolute Gasteiger partial charge is 0.238 e. The second-order valence-electron chi connectivity index (χ2n) is 6.77. The Morgan fingerprint density at radius 3 is 2.20 bits per heavy atom. The van der Waals surface area contributed by atoms with E-state index in [1.165, 1.54) is 17.7 Å². The van der Waals surface area contributed by atoms with Crippen molar-refractivity contribution in [3.8, 4) is 0 Å². The van der Waals surface area contributed by atoms with Gasteiger partial charge < -0.3 is 15.1 Å². The summed E-state index contributed by atoms with van der Waals surface area (Å²) < 4.78 is 28.1. The van der Waals surface area contributed by atoms with Crippen molar-refractivity contribution in [3.63, 3.8) is 0 Å². The van der Waals surface area contributed by atoms with Gasteiger partial charge in [-0.25, -0.2) is 18.5 Å². The maximum absolute atomic E-state index is 11.4. The topological polar surface area (TPSA) is 110 Å². The molecule has 30 heavy (non-hydrogen) atoms. The van der Waals surface area contributed by atoms with Crippen LogP contribution in [0.4, 0.5) is 0 Å². The van der Waals surface area contributed by atoms with E-state index in [1.807, 2.05) is 30.3 Å². The monoisotopic (exact) mass is 426 g/mol. The Labute approximate surface area is 177 Å². The van der Waals surface area contributed by atoms with E-state index in [1.54, 1.807) is 18.4 Å². The van der Waals surface area contributed by atoms with Crippen LogP contribution in [0.2, 0.25) is 0 Å². The molecule has 0 atom stereocenters. The van der Waals surface area contributed by atoms with Gasteiger partial charge in [0.1, 0.15) is 5.76 Å². The van der Waals surface area contributed by atoms with Gasteiger partial charge in [-0.3, -0.25) is 0 Å². The standard InChI is InChI=1S/C22H26N4O3S/c23-30(27,28)21-10-8-19(9-11-21)17-26-22(25-15-13-20-7-4-16-29-20)24-14-12-18-5-2-1-3-6-18/h1-11,16H,12-15,17H2,(H2,23,27,28)(H2,24,25,26). The number of rotatable bonds is 9. The average molecular weight is 427 g/mol. The average Bonchev–Trinajstić information content (AvgIpc) is 3.25. The van der Waals surface area contributed by atoms with E-state index in [0.29, 0.717) is 19.0 Å². The fourth-order valence-corrected chi connectivity index (χ4v) is 3.37. The van der Waals surface area contributed by atoms with Crippen LogP contribution in [0.3, 0.4) is 0 Å². The number of nitrogens with one attached hydrogen (secondary N) is 2. The van der Waals surface area contributed by atoms with E-state index in [4.69, 9.17) is 9.56 Å². The van der Waals surface area contributed by atoms with Crippen molar-refractivity contribution in [1.82, 2.24) is 10.6 Å². The number of aliphatic imine (C=N–C) groups is 1. The van der Waals surface area contributed by atoms with E-state index in [2.05, 4.69) is 27.8 Å². The first kappa shape index (κ1) is 21.6. The first-order valence-electron chi connectivity index (χ1n) is 9.71. The lowest BCUT2D eigenvalue weighted by molar-refractivity contribution is 0.506. The second kappa shape index (κ2) is 10.6. The van der Waals surface area contributed by atoms with E-state index < -0.39 is 10.0 Å². The molecule has 0 aliphatic heterocycles. The summed E-state index contributed by atoms with van der Waals surface area (Å²) in [7, 11) is -3.69. The summed E-state index contributed by atoms with van der Waals surface area (Å²) in [5.41, 5.74) is 2.14. The molecule has 3 aromatic rings. The lowest BCUT2D eigenvalue weighted by atomic mass is 10.1. The van der Waals surface area contributed by atoms with Crippen LogP contribution in [-0.4, -0.2) is 27.5 Å². The summed E-state index contributed by atoms with van der Waals surface area (Å²) >= 11 is 0. The molecule has 0 aliphatic rings. The minimum absolute atomic E-state index is 0.0908. The molecule has 158 valence electrons. The summed E-state index contributed by atoms with van der Waals surface area (Å²) in [5.74, 6) is 1.60. The minimum Gasteiger partial charge on any atom is -0.469 e. The third-order valence-corrected chi connectivity index (χ3v) is 5.39. The zero-order chi connectivity index (χ0) is 21.2. The van der Waals surface area contributed by atoms with Gasteiger partial charge in [-0.1, -0.05) is 42.5 Å². The fraction of sp³-hybridized carbons (Fsp3) is 0.227. The van der Waals surface area contributed by atoms with Crippen molar-refractivity contribution in [1.29, 1.82) is 0 Å². The van der Waals surface area contributed by atoms with Gasteiger partial charge in [0.2, 0.25) is 10.0 Å². The van der Waals surface area contributed by atoms with E-state index in [0.717, 1.165) is 30.7 Å². The summed E-state index contributed by atoms with van der Waals surface area (Å²) in [6, 6.07) is 20.5. The Morgan fingerprint density at radius 2 is 1.57 bits per heavy atom. The van der Waals surface area contributed by atoms with Crippen LogP contribution in [0, 0.1) is 0 Å². The molecular weight excluding hydrogens is 400 g/mol. The van der Waals surface area contributed by atoms with Crippen molar-refractivity contribution in [2.45, 2.75) is 24.3 Å². The van der Waals surface area contributed by atoms with Gasteiger partial charge in [-0.2, -0.15) is 0 Å². The van der Waals surface area contributed by atoms with Crippen LogP contribution < -0.4 is 15.8 Å². The van der Waals surface area contributed by atoms with Gasteiger partial charge in [0.05, 0.1) is 17.7 Å². The van der Waals surface area contributed by atoms with Crippen molar-refractivity contribution >= 4 is 16.0 Å². The van der Waals surface area contributed by atoms with E-state index in [-0.39, 0.29) is 4.90 Å². The summed E-state index contributed by atoms with van der Waals surface area (Å²) in [6.07, 6.45) is 3.28. The molecule has 0 saturated heterocycles. The maximum atomic E-state index is 11.4. The molecule has 0 spiro atoms. The highest BCUT2D eigenvalue weighted by Crippen LogP contribution is 2.09. The highest BCUT2D eigenvalue weighted by molar-refractivity contribution is 7.89. The number of furan rings is 1. The van der Waals surface area contributed by atoms with Gasteiger partial charge in [0.15, 0.2) is 5.96 Å². The summed E-state index contributed by atoms with van der Waals surface area (Å²) in [5, 5.41) is 11.8. The molecule has 0 fully saturated rings. The molecule has 4 N–H and O–H groups in total. The van der Waals surface area contributed by atoms with Gasteiger partial charge in [0, 0.05) is 19.5 Å². The normalized spacial score (nSPS) is 12.0. The number of guanidine groups is 1. The zero-order valence-electron chi connectivity index (χ0n) is 16.6. The number of benzene rings is 2. The molecule has 0 unspecified atom stereocenters. The second-order valence-corrected chi connectivity index (χ2v) is 8.33. The predicted octanol–water partition coefficient (Wildman–Crippen LogP) is 2.45. The van der Waals surface area contributed by atoms with Crippen LogP contribution in [0.15, 0.2) is 87.3 Å². The summed E-state index contributed by atoms with van der Waals surface area (Å²) in [6.45, 7) is 1.82. The van der Waals surface area contributed by atoms with Crippen LogP contribution in [-0.2, 0) is 29.4 Å². The molecule has 0 aliphatic carbocycles. The Morgan fingerprint density at radius 1 is 0.867 bits per heavy atom. The SMILES string of the molecule is NS(=O)(=O)c1ccc(CN=C(NCCc2ccccc2)NCCc2ccco2)cc1. The number of hydrogen-bond acceptors (Lipinski definition) is 4. The third-order valence-electron chi connectivity index (χ3n) is 4.46. The largest absolute Gasteiger partial charge is 0.469 e. The number of nitrogens with zero attached hydrogens (tertiary/aromatic N) is 1. The number of nitrogens with two attached hydrogens (primary N) is 1. The van der Waals surface area contributed by atoms with Crippen LogP contribution in [0.1, 0.15) is 16.9 Å². The lowest BCUT2D eigenvalue weighted by Crippen LogP contribution is -2.39. The van der Waals surface area contributed by atoms with Crippen molar-refractivity contribution < 1.29 is 12.8 Å². The Hall–Kier alpha value is -3.10. The number of hydrogen-bond donors (Lipinski definition) is 3. The highest BCUT2D eigenvalue weighted by Gasteiger charge is 2.07. The third kappa shape index (κ3) is 7.06. The van der Waals surface area contributed by atoms with Crippen LogP contribution in [0.5, 0.6) is 0 Å². The van der Waals surface area contributed by atoms with Gasteiger partial charge in [-0.15, -0.1) is 0 Å². The zero-order valence-corrected chi connectivity index (χ0v) is 17.4. The van der Waals surface area contributed by atoms with Crippen molar-refractivity contribution in [2.24, 2.45) is 10.1 Å². The molecule has 3 rings (SSSR count). The Kier molecular flexibility index (Phi) is 7.64. The minimum atomic E-state index is -3.69. The molecule has 8 heteroatoms. The quantitative estimate of drug-likeness (QED) is 0.360. The van der Waals surface area contributed by atoms with Gasteiger partial charge >= 0.3 is 0 Å². The molecule has 0 amide bonds. The molecule has 0 saturated carbocycles. The highest BCUT2D eigenvalue weighted by atomic mass is 32.2. The van der Waals surface area contributed by atoms with Crippen LogP contribution in [0.25, 0.3) is 0 Å². The first-order chi connectivity index (χ1) is 14.5. The van der Waals surface area contributed by atoms with Crippen molar-refractivity contribution in [3.05, 3.63) is 89.9 Å². The molecule has 1 aromatic heterocycles. The van der Waals surface area contributed by atoms with E-state index >= 15 is 0 Å². The maximum Gasteiger partial charge on any atom is 0.238 e. The first-order valence-corrected chi connectivity index (χ1v) is 11.3. The van der Waals surface area contributed by atoms with Gasteiger partial charge in [0.25, 0.3) is 0 Å². The fourth-order valence-electron chi connectivity index (χ4n) is 2.86. The molecule has 7 nitrogen and oxygen atoms in total. The van der Waals surface area contributed by atoms with E-state index in [9.17, 15) is 8.42 Å². The van der Waals surface area contributed by atoms with Gasteiger partial charge in [-0.05, 0) is 41.8 Å².